The van der Waals surface area contributed by atoms with E-state index in [4.69, 9.17) is 9.40 Å². The van der Waals surface area contributed by atoms with Gasteiger partial charge in [-0.3, -0.25) is 4.79 Å². The van der Waals surface area contributed by atoms with Gasteiger partial charge in [0.25, 0.3) is 5.91 Å². The van der Waals surface area contributed by atoms with Crippen molar-refractivity contribution >= 4 is 16.9 Å². The SMILES string of the molecule is CC(C)CCn1c(CN(C)C(=O)c2ccco2)nc2ccccc21. The van der Waals surface area contributed by atoms with E-state index >= 15 is 0 Å². The Morgan fingerprint density at radius 2 is 2.04 bits per heavy atom. The van der Waals surface area contributed by atoms with Crippen LogP contribution in [0.1, 0.15) is 36.6 Å². The molecule has 0 aliphatic heterocycles. The Kier molecular flexibility index (Phi) is 4.69. The van der Waals surface area contributed by atoms with E-state index in [1.807, 2.05) is 18.2 Å². The second kappa shape index (κ2) is 6.91. The molecule has 0 bridgehead atoms. The van der Waals surface area contributed by atoms with Crippen LogP contribution in [0.15, 0.2) is 47.1 Å². The van der Waals surface area contributed by atoms with Crippen LogP contribution in [0.3, 0.4) is 0 Å². The first-order chi connectivity index (χ1) is 11.6. The lowest BCUT2D eigenvalue weighted by Crippen LogP contribution is -2.27. The third kappa shape index (κ3) is 3.35. The number of carbonyl (C=O) groups is 1. The van der Waals surface area contributed by atoms with Crippen molar-refractivity contribution in [1.29, 1.82) is 0 Å². The summed E-state index contributed by atoms with van der Waals surface area (Å²) in [6.45, 7) is 5.78. The van der Waals surface area contributed by atoms with Gasteiger partial charge in [-0.2, -0.15) is 0 Å². The first-order valence-electron chi connectivity index (χ1n) is 8.29. The third-order valence-corrected chi connectivity index (χ3v) is 4.12. The van der Waals surface area contributed by atoms with Gasteiger partial charge in [0.05, 0.1) is 23.8 Å². The number of carbonyl (C=O) groups excluding carboxylic acids is 1. The molecule has 2 heterocycles. The molecule has 0 N–H and O–H groups in total. The Labute approximate surface area is 141 Å². The molecule has 0 atom stereocenters. The van der Waals surface area contributed by atoms with Gasteiger partial charge in [-0.05, 0) is 36.6 Å². The van der Waals surface area contributed by atoms with Crippen LogP contribution in [0.4, 0.5) is 0 Å². The largest absolute Gasteiger partial charge is 0.459 e. The minimum Gasteiger partial charge on any atom is -0.459 e. The van der Waals surface area contributed by atoms with E-state index in [0.717, 1.165) is 29.8 Å². The molecule has 5 heteroatoms. The van der Waals surface area contributed by atoms with Crippen molar-refractivity contribution in [1.82, 2.24) is 14.5 Å². The van der Waals surface area contributed by atoms with E-state index in [2.05, 4.69) is 24.5 Å². The van der Waals surface area contributed by atoms with E-state index in [1.54, 1.807) is 24.1 Å². The average Bonchev–Trinajstić information content (AvgIpc) is 3.20. The summed E-state index contributed by atoms with van der Waals surface area (Å²) in [5, 5.41) is 0. The Balaban J connectivity index is 1.87. The molecular weight excluding hydrogens is 302 g/mol. The van der Waals surface area contributed by atoms with Crippen LogP contribution < -0.4 is 0 Å². The minimum atomic E-state index is -0.137. The zero-order chi connectivity index (χ0) is 17.1. The number of nitrogens with zero attached hydrogens (tertiary/aromatic N) is 3. The minimum absolute atomic E-state index is 0.137. The molecule has 1 amide bonds. The van der Waals surface area contributed by atoms with Gasteiger partial charge in [0.2, 0.25) is 0 Å². The zero-order valence-electron chi connectivity index (χ0n) is 14.4. The van der Waals surface area contributed by atoms with Crippen molar-refractivity contribution in [2.24, 2.45) is 5.92 Å². The number of rotatable bonds is 6. The smallest absolute Gasteiger partial charge is 0.289 e. The first kappa shape index (κ1) is 16.3. The number of para-hydroxylation sites is 2. The van der Waals surface area contributed by atoms with Gasteiger partial charge in [-0.25, -0.2) is 4.98 Å². The predicted molar refractivity (Wildman–Crippen MR) is 93.7 cm³/mol. The van der Waals surface area contributed by atoms with Crippen molar-refractivity contribution in [2.75, 3.05) is 7.05 Å². The van der Waals surface area contributed by atoms with Crippen molar-refractivity contribution in [3.63, 3.8) is 0 Å². The lowest BCUT2D eigenvalue weighted by molar-refractivity contribution is 0.0748. The van der Waals surface area contributed by atoms with Gasteiger partial charge in [0.15, 0.2) is 5.76 Å². The quantitative estimate of drug-likeness (QED) is 0.689. The summed E-state index contributed by atoms with van der Waals surface area (Å²) in [5.74, 6) is 1.73. The number of fused-ring (bicyclic) bond motifs is 1. The molecule has 0 spiro atoms. The van der Waals surface area contributed by atoms with Gasteiger partial charge in [0, 0.05) is 13.6 Å². The van der Waals surface area contributed by atoms with Gasteiger partial charge in [-0.1, -0.05) is 26.0 Å². The molecule has 0 aliphatic rings. The lowest BCUT2D eigenvalue weighted by Gasteiger charge is -2.17. The third-order valence-electron chi connectivity index (χ3n) is 4.12. The number of aryl methyl sites for hydroxylation is 1. The number of aromatic nitrogens is 2. The highest BCUT2D eigenvalue weighted by Crippen LogP contribution is 2.19. The summed E-state index contributed by atoms with van der Waals surface area (Å²) in [7, 11) is 1.77. The molecule has 1 aromatic carbocycles. The molecule has 24 heavy (non-hydrogen) atoms. The van der Waals surface area contributed by atoms with Crippen LogP contribution in [0.5, 0.6) is 0 Å². The highest BCUT2D eigenvalue weighted by molar-refractivity contribution is 5.91. The normalized spacial score (nSPS) is 11.3. The van der Waals surface area contributed by atoms with Crippen LogP contribution in [-0.4, -0.2) is 27.4 Å². The van der Waals surface area contributed by atoms with E-state index in [0.29, 0.717) is 18.2 Å². The number of furan rings is 1. The van der Waals surface area contributed by atoms with Crippen LogP contribution >= 0.6 is 0 Å². The number of benzene rings is 1. The molecule has 0 fully saturated rings. The van der Waals surface area contributed by atoms with Crippen LogP contribution in [-0.2, 0) is 13.1 Å². The Hall–Kier alpha value is -2.56. The van der Waals surface area contributed by atoms with E-state index in [9.17, 15) is 4.79 Å². The van der Waals surface area contributed by atoms with Gasteiger partial charge in [-0.15, -0.1) is 0 Å². The summed E-state index contributed by atoms with van der Waals surface area (Å²) in [5.41, 5.74) is 2.09. The summed E-state index contributed by atoms with van der Waals surface area (Å²) in [6.07, 6.45) is 2.59. The van der Waals surface area contributed by atoms with Crippen LogP contribution in [0.2, 0.25) is 0 Å². The zero-order valence-corrected chi connectivity index (χ0v) is 14.4. The summed E-state index contributed by atoms with van der Waals surface area (Å²) >= 11 is 0. The first-order valence-corrected chi connectivity index (χ1v) is 8.29. The Morgan fingerprint density at radius 3 is 2.75 bits per heavy atom. The number of hydrogen-bond donors (Lipinski definition) is 0. The average molecular weight is 325 g/mol. The molecule has 0 saturated heterocycles. The predicted octanol–water partition coefficient (Wildman–Crippen LogP) is 3.95. The Bertz CT molecular complexity index is 818. The summed E-state index contributed by atoms with van der Waals surface area (Å²) in [6, 6.07) is 11.5. The highest BCUT2D eigenvalue weighted by atomic mass is 16.3. The highest BCUT2D eigenvalue weighted by Gasteiger charge is 2.18. The maximum absolute atomic E-state index is 12.4. The van der Waals surface area contributed by atoms with Crippen LogP contribution in [0.25, 0.3) is 11.0 Å². The molecular formula is C19H23N3O2. The summed E-state index contributed by atoms with van der Waals surface area (Å²) < 4.78 is 7.43. The number of amides is 1. The van der Waals surface area contributed by atoms with Crippen LogP contribution in [0, 0.1) is 5.92 Å². The van der Waals surface area contributed by atoms with Gasteiger partial charge < -0.3 is 13.9 Å². The van der Waals surface area contributed by atoms with E-state index in [-0.39, 0.29) is 5.91 Å². The van der Waals surface area contributed by atoms with Gasteiger partial charge >= 0.3 is 0 Å². The standard InChI is InChI=1S/C19H23N3O2/c1-14(2)10-11-22-16-8-5-4-7-15(16)20-18(22)13-21(3)19(23)17-9-6-12-24-17/h4-9,12,14H,10-11,13H2,1-3H3. The molecule has 3 rings (SSSR count). The fourth-order valence-corrected chi connectivity index (χ4v) is 2.76. The number of imidazole rings is 1. The topological polar surface area (TPSA) is 51.3 Å². The second-order valence-corrected chi connectivity index (χ2v) is 6.49. The molecule has 126 valence electrons. The fourth-order valence-electron chi connectivity index (χ4n) is 2.76. The molecule has 3 aromatic rings. The van der Waals surface area contributed by atoms with Crippen molar-refractivity contribution in [3.05, 3.63) is 54.2 Å². The van der Waals surface area contributed by atoms with Gasteiger partial charge in [0.1, 0.15) is 5.82 Å². The maximum Gasteiger partial charge on any atom is 0.289 e. The molecule has 0 aliphatic carbocycles. The van der Waals surface area contributed by atoms with E-state index in [1.165, 1.54) is 6.26 Å². The van der Waals surface area contributed by atoms with Crippen molar-refractivity contribution in [2.45, 2.75) is 33.4 Å². The molecule has 2 aromatic heterocycles. The van der Waals surface area contributed by atoms with Crippen molar-refractivity contribution < 1.29 is 9.21 Å². The molecule has 5 nitrogen and oxygen atoms in total. The van der Waals surface area contributed by atoms with Crippen molar-refractivity contribution in [3.8, 4) is 0 Å². The monoisotopic (exact) mass is 325 g/mol. The summed E-state index contributed by atoms with van der Waals surface area (Å²) in [4.78, 5) is 18.8. The van der Waals surface area contributed by atoms with E-state index < -0.39 is 0 Å². The lowest BCUT2D eigenvalue weighted by atomic mass is 10.1. The number of hydrogen-bond acceptors (Lipinski definition) is 3. The Morgan fingerprint density at radius 1 is 1.25 bits per heavy atom. The second-order valence-electron chi connectivity index (χ2n) is 6.49. The fraction of sp³-hybridized carbons (Fsp3) is 0.368. The molecule has 0 saturated carbocycles. The molecule has 0 radical (unpaired) electrons. The maximum atomic E-state index is 12.4. The molecule has 0 unspecified atom stereocenters.